The summed E-state index contributed by atoms with van der Waals surface area (Å²) in [6, 6.07) is 0.252. The highest BCUT2D eigenvalue weighted by Crippen LogP contribution is 2.33. The minimum atomic E-state index is -0.299. The minimum absolute atomic E-state index is 0.0868. The molecule has 4 heteroatoms. The van der Waals surface area contributed by atoms with Gasteiger partial charge >= 0.3 is 6.09 Å². The highest BCUT2D eigenvalue weighted by Gasteiger charge is 2.48. The molecule has 2 fully saturated rings. The van der Waals surface area contributed by atoms with Gasteiger partial charge in [0.2, 0.25) is 0 Å². The largest absolute Gasteiger partial charge is 0.447 e. The molecule has 1 saturated heterocycles. The standard InChI is InChI=1S/C6H10N2O2/c7-4-1-6(2-4)3-10-5(9)8-6/h4H,1-3,7H2,(H,8,9). The molecule has 1 amide bonds. The molecule has 0 atom stereocenters. The van der Waals surface area contributed by atoms with Crippen LogP contribution >= 0.6 is 0 Å². The zero-order chi connectivity index (χ0) is 7.19. The number of carbonyl (C=O) groups is 1. The van der Waals surface area contributed by atoms with E-state index in [0.717, 1.165) is 12.8 Å². The van der Waals surface area contributed by atoms with Gasteiger partial charge in [0.15, 0.2) is 0 Å². The summed E-state index contributed by atoms with van der Waals surface area (Å²) in [5.74, 6) is 0. The van der Waals surface area contributed by atoms with Crippen LogP contribution in [0.3, 0.4) is 0 Å². The maximum Gasteiger partial charge on any atom is 0.407 e. The fourth-order valence-corrected chi connectivity index (χ4v) is 1.66. The molecule has 0 aromatic rings. The predicted octanol–water partition coefficient (Wildman–Crippen LogP) is -0.414. The zero-order valence-electron chi connectivity index (χ0n) is 5.59. The van der Waals surface area contributed by atoms with Crippen LogP contribution < -0.4 is 11.1 Å². The Bertz CT molecular complexity index is 175. The molecule has 56 valence electrons. The number of hydrogen-bond donors (Lipinski definition) is 2. The van der Waals surface area contributed by atoms with Gasteiger partial charge in [-0.05, 0) is 12.8 Å². The lowest BCUT2D eigenvalue weighted by Crippen LogP contribution is -2.59. The van der Waals surface area contributed by atoms with Crippen molar-refractivity contribution in [1.82, 2.24) is 5.32 Å². The van der Waals surface area contributed by atoms with E-state index in [0.29, 0.717) is 6.61 Å². The summed E-state index contributed by atoms with van der Waals surface area (Å²) in [7, 11) is 0. The number of carbonyl (C=O) groups excluding carboxylic acids is 1. The van der Waals surface area contributed by atoms with Crippen molar-refractivity contribution >= 4 is 6.09 Å². The monoisotopic (exact) mass is 142 g/mol. The Morgan fingerprint density at radius 2 is 2.40 bits per heavy atom. The Morgan fingerprint density at radius 1 is 1.70 bits per heavy atom. The molecule has 10 heavy (non-hydrogen) atoms. The summed E-state index contributed by atoms with van der Waals surface area (Å²) in [4.78, 5) is 10.6. The third-order valence-electron chi connectivity index (χ3n) is 2.15. The molecule has 1 saturated carbocycles. The van der Waals surface area contributed by atoms with Gasteiger partial charge in [-0.3, -0.25) is 0 Å². The van der Waals surface area contributed by atoms with Crippen LogP contribution in [0.4, 0.5) is 4.79 Å². The number of amides is 1. The lowest BCUT2D eigenvalue weighted by molar-refractivity contribution is 0.139. The fourth-order valence-electron chi connectivity index (χ4n) is 1.66. The molecule has 0 radical (unpaired) electrons. The first-order chi connectivity index (χ1) is 4.70. The lowest BCUT2D eigenvalue weighted by Gasteiger charge is -2.40. The summed E-state index contributed by atoms with van der Waals surface area (Å²) in [6.45, 7) is 0.500. The van der Waals surface area contributed by atoms with Crippen molar-refractivity contribution in [2.75, 3.05) is 6.61 Å². The van der Waals surface area contributed by atoms with Gasteiger partial charge < -0.3 is 15.8 Å². The highest BCUT2D eigenvalue weighted by molar-refractivity contribution is 5.71. The Morgan fingerprint density at radius 3 is 2.80 bits per heavy atom. The number of rotatable bonds is 0. The molecule has 1 aliphatic carbocycles. The maximum absolute atomic E-state index is 10.6. The van der Waals surface area contributed by atoms with Gasteiger partial charge in [0.05, 0.1) is 5.54 Å². The van der Waals surface area contributed by atoms with Crippen LogP contribution in [-0.4, -0.2) is 24.3 Å². The second-order valence-electron chi connectivity index (χ2n) is 3.15. The van der Waals surface area contributed by atoms with Gasteiger partial charge in [0.1, 0.15) is 6.61 Å². The van der Waals surface area contributed by atoms with Crippen LogP contribution in [0.15, 0.2) is 0 Å². The van der Waals surface area contributed by atoms with Crippen LogP contribution in [0, 0.1) is 0 Å². The van der Waals surface area contributed by atoms with Gasteiger partial charge in [-0.1, -0.05) is 0 Å². The number of nitrogens with one attached hydrogen (secondary N) is 1. The number of cyclic esters (lactones) is 1. The molecule has 2 aliphatic rings. The zero-order valence-corrected chi connectivity index (χ0v) is 5.59. The van der Waals surface area contributed by atoms with Gasteiger partial charge in [-0.2, -0.15) is 0 Å². The van der Waals surface area contributed by atoms with Gasteiger partial charge in [0, 0.05) is 6.04 Å². The summed E-state index contributed by atoms with van der Waals surface area (Å²) in [5.41, 5.74) is 5.48. The number of nitrogens with two attached hydrogens (primary N) is 1. The van der Waals surface area contributed by atoms with Crippen molar-refractivity contribution in [2.24, 2.45) is 5.73 Å². The van der Waals surface area contributed by atoms with Crippen molar-refractivity contribution in [3.63, 3.8) is 0 Å². The molecule has 2 rings (SSSR count). The second kappa shape index (κ2) is 1.63. The molecule has 1 aliphatic heterocycles. The number of alkyl carbamates (subject to hydrolysis) is 1. The van der Waals surface area contributed by atoms with Crippen molar-refractivity contribution in [2.45, 2.75) is 24.4 Å². The number of hydrogen-bond acceptors (Lipinski definition) is 3. The Labute approximate surface area is 58.7 Å². The van der Waals surface area contributed by atoms with E-state index < -0.39 is 0 Å². The van der Waals surface area contributed by atoms with Crippen LogP contribution in [0.2, 0.25) is 0 Å². The van der Waals surface area contributed by atoms with E-state index >= 15 is 0 Å². The first-order valence-electron chi connectivity index (χ1n) is 3.41. The van der Waals surface area contributed by atoms with Crippen molar-refractivity contribution in [3.8, 4) is 0 Å². The van der Waals surface area contributed by atoms with Crippen molar-refractivity contribution < 1.29 is 9.53 Å². The normalized spacial score (nSPS) is 44.5. The quantitative estimate of drug-likeness (QED) is 0.483. The topological polar surface area (TPSA) is 64.3 Å². The average molecular weight is 142 g/mol. The third-order valence-corrected chi connectivity index (χ3v) is 2.15. The van der Waals surface area contributed by atoms with E-state index in [-0.39, 0.29) is 17.7 Å². The van der Waals surface area contributed by atoms with Crippen LogP contribution in [0.25, 0.3) is 0 Å². The Hall–Kier alpha value is -0.770. The smallest absolute Gasteiger partial charge is 0.407 e. The summed E-state index contributed by atoms with van der Waals surface area (Å²) < 4.78 is 4.75. The predicted molar refractivity (Wildman–Crippen MR) is 34.4 cm³/mol. The molecule has 0 aromatic carbocycles. The SMILES string of the molecule is NC1CC2(COC(=O)N2)C1. The summed E-state index contributed by atoms with van der Waals surface area (Å²) >= 11 is 0. The van der Waals surface area contributed by atoms with Gasteiger partial charge in [-0.15, -0.1) is 0 Å². The van der Waals surface area contributed by atoms with Crippen molar-refractivity contribution in [1.29, 1.82) is 0 Å². The maximum atomic E-state index is 10.6. The Kier molecular flexibility index (Phi) is 0.976. The fraction of sp³-hybridized carbons (Fsp3) is 0.833. The third kappa shape index (κ3) is 0.686. The van der Waals surface area contributed by atoms with Crippen molar-refractivity contribution in [3.05, 3.63) is 0 Å². The van der Waals surface area contributed by atoms with Crippen LogP contribution in [0.5, 0.6) is 0 Å². The van der Waals surface area contributed by atoms with Crippen LogP contribution in [0.1, 0.15) is 12.8 Å². The number of ether oxygens (including phenoxy) is 1. The van der Waals surface area contributed by atoms with E-state index in [1.165, 1.54) is 0 Å². The molecule has 3 N–H and O–H groups in total. The molecule has 1 spiro atoms. The second-order valence-corrected chi connectivity index (χ2v) is 3.15. The highest BCUT2D eigenvalue weighted by atomic mass is 16.6. The minimum Gasteiger partial charge on any atom is -0.447 e. The first-order valence-corrected chi connectivity index (χ1v) is 3.41. The summed E-state index contributed by atoms with van der Waals surface area (Å²) in [5, 5.41) is 2.76. The van der Waals surface area contributed by atoms with Gasteiger partial charge in [0.25, 0.3) is 0 Å². The molecule has 0 unspecified atom stereocenters. The molecule has 0 aromatic heterocycles. The molecule has 4 nitrogen and oxygen atoms in total. The lowest BCUT2D eigenvalue weighted by atomic mass is 9.74. The van der Waals surface area contributed by atoms with E-state index in [4.69, 9.17) is 10.5 Å². The molecular weight excluding hydrogens is 132 g/mol. The van der Waals surface area contributed by atoms with E-state index in [2.05, 4.69) is 5.32 Å². The van der Waals surface area contributed by atoms with E-state index in [9.17, 15) is 4.79 Å². The molecule has 0 bridgehead atoms. The molecule has 1 heterocycles. The van der Waals surface area contributed by atoms with Crippen LogP contribution in [-0.2, 0) is 4.74 Å². The van der Waals surface area contributed by atoms with Gasteiger partial charge in [-0.25, -0.2) is 4.79 Å². The first kappa shape index (κ1) is 5.97. The van der Waals surface area contributed by atoms with E-state index in [1.54, 1.807) is 0 Å². The summed E-state index contributed by atoms with van der Waals surface area (Å²) in [6.07, 6.45) is 1.42. The van der Waals surface area contributed by atoms with E-state index in [1.807, 2.05) is 0 Å². The Balaban J connectivity index is 2.01. The average Bonchev–Trinajstić information content (AvgIpc) is 2.10. The molecular formula is C6H10N2O2.